The number of halogens is 1. The molecule has 0 aromatic heterocycles. The summed E-state index contributed by atoms with van der Waals surface area (Å²) in [6.07, 6.45) is -0.436. The fourth-order valence-electron chi connectivity index (χ4n) is 1.25. The Morgan fingerprint density at radius 3 is 2.76 bits per heavy atom. The summed E-state index contributed by atoms with van der Waals surface area (Å²) in [7, 11) is 0. The first kappa shape index (κ1) is 13.1. The van der Waals surface area contributed by atoms with E-state index in [9.17, 15) is 14.0 Å². The highest BCUT2D eigenvalue weighted by atomic mass is 19.1. The van der Waals surface area contributed by atoms with Crippen LogP contribution in [0.15, 0.2) is 24.3 Å². The number of carboxylic acids is 1. The summed E-state index contributed by atoms with van der Waals surface area (Å²) in [5.74, 6) is -2.11. The Labute approximate surface area is 97.4 Å². The van der Waals surface area contributed by atoms with Crippen molar-refractivity contribution < 1.29 is 19.1 Å². The van der Waals surface area contributed by atoms with Crippen molar-refractivity contribution in [3.63, 3.8) is 0 Å². The predicted molar refractivity (Wildman–Crippen MR) is 58.5 cm³/mol. The van der Waals surface area contributed by atoms with Crippen LogP contribution in [0, 0.1) is 5.82 Å². The molecule has 0 bridgehead atoms. The molecule has 6 heteroatoms. The van der Waals surface area contributed by atoms with Crippen LogP contribution >= 0.6 is 0 Å². The van der Waals surface area contributed by atoms with Crippen LogP contribution in [0.2, 0.25) is 0 Å². The largest absolute Gasteiger partial charge is 0.481 e. The Morgan fingerprint density at radius 1 is 1.47 bits per heavy atom. The number of aliphatic carboxylic acids is 1. The lowest BCUT2D eigenvalue weighted by Crippen LogP contribution is -2.41. The maximum Gasteiger partial charge on any atom is 0.305 e. The molecule has 1 rings (SSSR count). The van der Waals surface area contributed by atoms with Gasteiger partial charge in [-0.15, -0.1) is 0 Å². The highest BCUT2D eigenvalue weighted by Crippen LogP contribution is 2.03. The van der Waals surface area contributed by atoms with Crippen LogP contribution < -0.4 is 11.1 Å². The van der Waals surface area contributed by atoms with E-state index in [0.717, 1.165) is 0 Å². The van der Waals surface area contributed by atoms with Crippen LogP contribution in [0.5, 0.6) is 0 Å². The molecule has 0 fully saturated rings. The van der Waals surface area contributed by atoms with Crippen LogP contribution in [-0.4, -0.2) is 23.0 Å². The standard InChI is InChI=1S/C11H13FN2O3/c12-8-3-1-2-7(4-8)6-14-11(17)9(13)5-10(15)16/h1-4,9H,5-6,13H2,(H,14,17)(H,15,16). The molecule has 1 aromatic carbocycles. The van der Waals surface area contributed by atoms with Crippen molar-refractivity contribution in [2.75, 3.05) is 0 Å². The van der Waals surface area contributed by atoms with E-state index < -0.39 is 30.2 Å². The number of hydrogen-bond acceptors (Lipinski definition) is 3. The average Bonchev–Trinajstić information content (AvgIpc) is 2.25. The third kappa shape index (κ3) is 4.60. The number of hydrogen-bond donors (Lipinski definition) is 3. The summed E-state index contributed by atoms with van der Waals surface area (Å²) in [6, 6.07) is 4.64. The van der Waals surface area contributed by atoms with Crippen LogP contribution in [0.1, 0.15) is 12.0 Å². The Bertz CT molecular complexity index is 423. The van der Waals surface area contributed by atoms with Gasteiger partial charge >= 0.3 is 5.97 Å². The van der Waals surface area contributed by atoms with E-state index in [1.54, 1.807) is 6.07 Å². The van der Waals surface area contributed by atoms with Gasteiger partial charge in [-0.2, -0.15) is 0 Å². The van der Waals surface area contributed by atoms with Gasteiger partial charge in [0, 0.05) is 6.54 Å². The van der Waals surface area contributed by atoms with Crippen LogP contribution in [0.3, 0.4) is 0 Å². The Balaban J connectivity index is 2.45. The number of amides is 1. The number of rotatable bonds is 5. The molecule has 0 saturated carbocycles. The first-order valence-electron chi connectivity index (χ1n) is 4.98. The van der Waals surface area contributed by atoms with Crippen molar-refractivity contribution in [1.29, 1.82) is 0 Å². The number of carbonyl (C=O) groups excluding carboxylic acids is 1. The molecule has 5 nitrogen and oxygen atoms in total. The maximum absolute atomic E-state index is 12.8. The first-order chi connectivity index (χ1) is 7.99. The number of carbonyl (C=O) groups is 2. The molecule has 0 aliphatic rings. The molecule has 1 unspecified atom stereocenters. The molecule has 92 valence electrons. The van der Waals surface area contributed by atoms with E-state index in [2.05, 4.69) is 5.32 Å². The van der Waals surface area contributed by atoms with Crippen LogP contribution in [0.25, 0.3) is 0 Å². The third-order valence-electron chi connectivity index (χ3n) is 2.09. The maximum atomic E-state index is 12.8. The number of benzene rings is 1. The zero-order chi connectivity index (χ0) is 12.8. The van der Waals surface area contributed by atoms with Crippen molar-refractivity contribution in [2.24, 2.45) is 5.73 Å². The second-order valence-electron chi connectivity index (χ2n) is 3.55. The SMILES string of the molecule is NC(CC(=O)O)C(=O)NCc1cccc(F)c1. The number of carboxylic acid groups (broad SMARTS) is 1. The smallest absolute Gasteiger partial charge is 0.305 e. The van der Waals surface area contributed by atoms with Crippen molar-refractivity contribution in [1.82, 2.24) is 5.32 Å². The van der Waals surface area contributed by atoms with Crippen molar-refractivity contribution in [2.45, 2.75) is 19.0 Å². The molecular weight excluding hydrogens is 227 g/mol. The van der Waals surface area contributed by atoms with Gasteiger partial charge in [0.15, 0.2) is 0 Å². The highest BCUT2D eigenvalue weighted by Gasteiger charge is 2.16. The molecule has 0 aliphatic heterocycles. The molecule has 1 atom stereocenters. The average molecular weight is 240 g/mol. The van der Waals surface area contributed by atoms with Crippen molar-refractivity contribution >= 4 is 11.9 Å². The van der Waals surface area contributed by atoms with Gasteiger partial charge in [-0.25, -0.2) is 4.39 Å². The first-order valence-corrected chi connectivity index (χ1v) is 4.98. The van der Waals surface area contributed by atoms with Gasteiger partial charge in [0.25, 0.3) is 0 Å². The van der Waals surface area contributed by atoms with E-state index in [1.807, 2.05) is 0 Å². The summed E-state index contributed by atoms with van der Waals surface area (Å²) in [5.41, 5.74) is 5.93. The van der Waals surface area contributed by atoms with E-state index >= 15 is 0 Å². The van der Waals surface area contributed by atoms with Gasteiger partial charge in [0.05, 0.1) is 12.5 Å². The van der Waals surface area contributed by atoms with Crippen LogP contribution in [-0.2, 0) is 16.1 Å². The molecular formula is C11H13FN2O3. The van der Waals surface area contributed by atoms with E-state index in [0.29, 0.717) is 5.56 Å². The van der Waals surface area contributed by atoms with Gasteiger partial charge in [-0.3, -0.25) is 9.59 Å². The molecule has 0 spiro atoms. The van der Waals surface area contributed by atoms with E-state index in [4.69, 9.17) is 10.8 Å². The lowest BCUT2D eigenvalue weighted by Gasteiger charge is -2.10. The van der Waals surface area contributed by atoms with Gasteiger partial charge < -0.3 is 16.2 Å². The van der Waals surface area contributed by atoms with Crippen molar-refractivity contribution in [3.8, 4) is 0 Å². The third-order valence-corrected chi connectivity index (χ3v) is 2.09. The normalized spacial score (nSPS) is 11.9. The Hall–Kier alpha value is -1.95. The minimum absolute atomic E-state index is 0.115. The summed E-state index contributed by atoms with van der Waals surface area (Å²) >= 11 is 0. The summed E-state index contributed by atoms with van der Waals surface area (Å²) < 4.78 is 12.8. The fourth-order valence-corrected chi connectivity index (χ4v) is 1.25. The molecule has 1 amide bonds. The monoisotopic (exact) mass is 240 g/mol. The molecule has 1 aromatic rings. The number of nitrogens with one attached hydrogen (secondary N) is 1. The minimum atomic E-state index is -1.14. The molecule has 0 saturated heterocycles. The lowest BCUT2D eigenvalue weighted by molar-refractivity contribution is -0.139. The Morgan fingerprint density at radius 2 is 2.18 bits per heavy atom. The fraction of sp³-hybridized carbons (Fsp3) is 0.273. The summed E-state index contributed by atoms with van der Waals surface area (Å²) in [5, 5.41) is 10.9. The predicted octanol–water partition coefficient (Wildman–Crippen LogP) is 0.244. The highest BCUT2D eigenvalue weighted by molar-refractivity contribution is 5.85. The van der Waals surface area contributed by atoms with Crippen molar-refractivity contribution in [3.05, 3.63) is 35.6 Å². The van der Waals surface area contributed by atoms with Gasteiger partial charge in [0.2, 0.25) is 5.91 Å². The van der Waals surface area contributed by atoms with E-state index in [-0.39, 0.29) is 6.54 Å². The van der Waals surface area contributed by atoms with Gasteiger partial charge in [-0.05, 0) is 17.7 Å². The summed E-state index contributed by atoms with van der Waals surface area (Å²) in [6.45, 7) is 0.115. The zero-order valence-corrected chi connectivity index (χ0v) is 9.02. The Kier molecular flexibility index (Phi) is 4.59. The van der Waals surface area contributed by atoms with E-state index in [1.165, 1.54) is 18.2 Å². The van der Waals surface area contributed by atoms with Crippen LogP contribution in [0.4, 0.5) is 4.39 Å². The zero-order valence-electron chi connectivity index (χ0n) is 9.02. The topological polar surface area (TPSA) is 92.4 Å². The quantitative estimate of drug-likeness (QED) is 0.687. The summed E-state index contributed by atoms with van der Waals surface area (Å²) in [4.78, 5) is 21.7. The molecule has 4 N–H and O–H groups in total. The van der Waals surface area contributed by atoms with Gasteiger partial charge in [0.1, 0.15) is 5.82 Å². The second-order valence-corrected chi connectivity index (χ2v) is 3.55. The molecule has 0 aliphatic carbocycles. The lowest BCUT2D eigenvalue weighted by atomic mass is 10.2. The molecule has 17 heavy (non-hydrogen) atoms. The molecule has 0 heterocycles. The minimum Gasteiger partial charge on any atom is -0.481 e. The second kappa shape index (κ2) is 5.95. The number of nitrogens with two attached hydrogens (primary N) is 1. The van der Waals surface area contributed by atoms with Gasteiger partial charge in [-0.1, -0.05) is 12.1 Å². The molecule has 0 radical (unpaired) electrons.